The van der Waals surface area contributed by atoms with Gasteiger partial charge < -0.3 is 10.1 Å². The maximum Gasteiger partial charge on any atom is 0.573 e. The number of benzene rings is 2. The number of fused-ring (bicyclic) bond motifs is 3. The molecular weight excluding hydrogens is 397 g/mol. The van der Waals surface area contributed by atoms with Crippen LogP contribution in [0.2, 0.25) is 0 Å². The molecule has 1 aliphatic rings. The lowest BCUT2D eigenvalue weighted by molar-refractivity contribution is -0.274. The predicted octanol–water partition coefficient (Wildman–Crippen LogP) is 4.31. The van der Waals surface area contributed by atoms with Crippen LogP contribution in [0.3, 0.4) is 0 Å². The fourth-order valence-electron chi connectivity index (χ4n) is 3.59. The minimum absolute atomic E-state index is 0.113. The van der Waals surface area contributed by atoms with Crippen molar-refractivity contribution in [2.24, 2.45) is 7.05 Å². The number of nitrogens with one attached hydrogen (secondary N) is 1. The second kappa shape index (κ2) is 6.51. The van der Waals surface area contributed by atoms with E-state index in [0.717, 1.165) is 29.1 Å². The highest BCUT2D eigenvalue weighted by Gasteiger charge is 2.31. The van der Waals surface area contributed by atoms with Crippen molar-refractivity contribution in [1.29, 1.82) is 0 Å². The lowest BCUT2D eigenvalue weighted by atomic mass is 10.1. The first-order valence-electron chi connectivity index (χ1n) is 9.43. The summed E-state index contributed by atoms with van der Waals surface area (Å²) in [7, 11) is 1.79. The van der Waals surface area contributed by atoms with Gasteiger partial charge in [0.05, 0.1) is 5.52 Å². The summed E-state index contributed by atoms with van der Waals surface area (Å²) in [4.78, 5) is 12.5. The molecule has 9 heteroatoms. The van der Waals surface area contributed by atoms with Crippen molar-refractivity contribution in [2.45, 2.75) is 25.2 Å². The fourth-order valence-corrected chi connectivity index (χ4v) is 3.59. The van der Waals surface area contributed by atoms with Crippen LogP contribution in [0.15, 0.2) is 48.7 Å². The molecule has 0 radical (unpaired) electrons. The highest BCUT2D eigenvalue weighted by Crippen LogP contribution is 2.33. The van der Waals surface area contributed by atoms with E-state index < -0.39 is 6.36 Å². The van der Waals surface area contributed by atoms with Crippen LogP contribution in [-0.2, 0) is 7.05 Å². The first-order chi connectivity index (χ1) is 14.3. The van der Waals surface area contributed by atoms with E-state index in [1.807, 2.05) is 22.9 Å². The van der Waals surface area contributed by atoms with Gasteiger partial charge in [0, 0.05) is 41.3 Å². The van der Waals surface area contributed by atoms with Crippen molar-refractivity contribution in [3.63, 3.8) is 0 Å². The van der Waals surface area contributed by atoms with Crippen molar-refractivity contribution in [2.75, 3.05) is 0 Å². The van der Waals surface area contributed by atoms with Crippen LogP contribution in [0.4, 0.5) is 13.2 Å². The van der Waals surface area contributed by atoms with Gasteiger partial charge in [-0.05, 0) is 55.3 Å². The number of rotatable bonds is 4. The van der Waals surface area contributed by atoms with Gasteiger partial charge in [0.2, 0.25) is 0 Å². The van der Waals surface area contributed by atoms with E-state index in [0.29, 0.717) is 16.9 Å². The van der Waals surface area contributed by atoms with Crippen LogP contribution in [-0.4, -0.2) is 32.7 Å². The molecule has 1 aliphatic carbocycles. The molecule has 1 fully saturated rings. The number of hydrogen-bond acceptors (Lipinski definition) is 3. The van der Waals surface area contributed by atoms with E-state index >= 15 is 0 Å². The van der Waals surface area contributed by atoms with Crippen LogP contribution >= 0.6 is 0 Å². The molecule has 1 N–H and O–H groups in total. The van der Waals surface area contributed by atoms with Crippen LogP contribution in [0, 0.1) is 0 Å². The number of alkyl halides is 3. The van der Waals surface area contributed by atoms with Crippen molar-refractivity contribution >= 4 is 27.8 Å². The van der Waals surface area contributed by atoms with Gasteiger partial charge in [-0.15, -0.1) is 13.2 Å². The molecule has 0 spiro atoms. The van der Waals surface area contributed by atoms with Crippen LogP contribution in [0.1, 0.15) is 23.2 Å². The lowest BCUT2D eigenvalue weighted by Gasteiger charge is -2.11. The van der Waals surface area contributed by atoms with Crippen molar-refractivity contribution in [3.8, 4) is 11.4 Å². The number of amides is 1. The molecule has 5 rings (SSSR count). The number of aromatic nitrogens is 3. The van der Waals surface area contributed by atoms with Gasteiger partial charge >= 0.3 is 6.36 Å². The first kappa shape index (κ1) is 18.5. The smallest absolute Gasteiger partial charge is 0.406 e. The third-order valence-corrected chi connectivity index (χ3v) is 5.05. The average Bonchev–Trinajstić information content (AvgIpc) is 3.34. The summed E-state index contributed by atoms with van der Waals surface area (Å²) < 4.78 is 44.8. The van der Waals surface area contributed by atoms with Gasteiger partial charge in [-0.3, -0.25) is 14.0 Å². The third kappa shape index (κ3) is 3.36. The zero-order valence-corrected chi connectivity index (χ0v) is 15.9. The Kier molecular flexibility index (Phi) is 4.02. The monoisotopic (exact) mass is 414 g/mol. The second-order valence-corrected chi connectivity index (χ2v) is 7.40. The molecule has 2 aromatic carbocycles. The highest BCUT2D eigenvalue weighted by atomic mass is 19.4. The molecule has 6 nitrogen and oxygen atoms in total. The number of aryl methyl sites for hydroxylation is 1. The van der Waals surface area contributed by atoms with Gasteiger partial charge in [-0.25, -0.2) is 0 Å². The average molecular weight is 414 g/mol. The van der Waals surface area contributed by atoms with Gasteiger partial charge in [-0.2, -0.15) is 5.10 Å². The topological polar surface area (TPSA) is 61.1 Å². The van der Waals surface area contributed by atoms with Crippen LogP contribution in [0.25, 0.3) is 27.6 Å². The summed E-state index contributed by atoms with van der Waals surface area (Å²) in [5.74, 6) is -0.406. The van der Waals surface area contributed by atoms with Gasteiger partial charge in [0.1, 0.15) is 5.75 Å². The fraction of sp³-hybridized carbons (Fsp3) is 0.238. The minimum atomic E-state index is -4.74. The summed E-state index contributed by atoms with van der Waals surface area (Å²) in [5.41, 5.74) is 2.65. The molecule has 0 bridgehead atoms. The normalized spacial score (nSPS) is 14.4. The summed E-state index contributed by atoms with van der Waals surface area (Å²) in [5, 5.41) is 9.18. The molecule has 2 heterocycles. The third-order valence-electron chi connectivity index (χ3n) is 5.05. The Hall–Kier alpha value is -3.49. The van der Waals surface area contributed by atoms with Gasteiger partial charge in [0.15, 0.2) is 5.65 Å². The zero-order valence-electron chi connectivity index (χ0n) is 15.9. The zero-order chi connectivity index (χ0) is 21.0. The van der Waals surface area contributed by atoms with Crippen molar-refractivity contribution in [1.82, 2.24) is 19.7 Å². The molecule has 0 atom stereocenters. The molecule has 154 valence electrons. The Morgan fingerprint density at radius 2 is 1.87 bits per heavy atom. The van der Waals surface area contributed by atoms with Crippen molar-refractivity contribution in [3.05, 3.63) is 54.2 Å². The van der Waals surface area contributed by atoms with E-state index in [-0.39, 0.29) is 17.7 Å². The van der Waals surface area contributed by atoms with Gasteiger partial charge in [-0.1, -0.05) is 0 Å². The molecule has 2 aromatic heterocycles. The van der Waals surface area contributed by atoms with E-state index in [9.17, 15) is 18.0 Å². The molecule has 1 saturated carbocycles. The Bertz CT molecular complexity index is 1270. The number of hydrogen-bond donors (Lipinski definition) is 1. The Morgan fingerprint density at radius 3 is 2.53 bits per heavy atom. The largest absolute Gasteiger partial charge is 0.573 e. The Balaban J connectivity index is 1.61. The number of carbonyl (C=O) groups is 1. The lowest BCUT2D eigenvalue weighted by Crippen LogP contribution is -2.25. The molecule has 1 amide bonds. The number of ether oxygens (including phenoxy) is 1. The second-order valence-electron chi connectivity index (χ2n) is 7.40. The first-order valence-corrected chi connectivity index (χ1v) is 9.43. The molecule has 0 aliphatic heterocycles. The molecular formula is C21H17F3N4O2. The summed E-state index contributed by atoms with van der Waals surface area (Å²) >= 11 is 0. The SMILES string of the molecule is Cn1cc2c3cc(C(=O)NC4CC4)ccc3n(-c3ccc(OC(F)(F)F)cc3)c2n1. The van der Waals surface area contributed by atoms with E-state index in [1.54, 1.807) is 29.9 Å². The Labute approximate surface area is 168 Å². The Morgan fingerprint density at radius 1 is 1.13 bits per heavy atom. The van der Waals surface area contributed by atoms with Crippen LogP contribution in [0.5, 0.6) is 5.75 Å². The van der Waals surface area contributed by atoms with E-state index in [1.165, 1.54) is 12.1 Å². The number of halogens is 3. The maximum atomic E-state index is 12.5. The summed E-state index contributed by atoms with van der Waals surface area (Å²) in [6, 6.07) is 11.3. The van der Waals surface area contributed by atoms with E-state index in [4.69, 9.17) is 0 Å². The molecule has 0 saturated heterocycles. The summed E-state index contributed by atoms with van der Waals surface area (Å²) in [6.07, 6.45) is -0.873. The van der Waals surface area contributed by atoms with Gasteiger partial charge in [0.25, 0.3) is 5.91 Å². The minimum Gasteiger partial charge on any atom is -0.406 e. The molecule has 4 aromatic rings. The summed E-state index contributed by atoms with van der Waals surface area (Å²) in [6.45, 7) is 0. The number of nitrogens with zero attached hydrogens (tertiary/aromatic N) is 3. The van der Waals surface area contributed by atoms with E-state index in [2.05, 4.69) is 15.2 Å². The number of carbonyl (C=O) groups excluding carboxylic acids is 1. The molecule has 30 heavy (non-hydrogen) atoms. The molecule has 0 unspecified atom stereocenters. The maximum absolute atomic E-state index is 12.5. The standard InChI is InChI=1S/C21H17F3N4O2/c1-27-11-17-16-10-12(20(29)25-13-3-4-13)2-9-18(16)28(19(17)26-27)14-5-7-15(8-6-14)30-21(22,23)24/h2,5-11,13H,3-4H2,1H3,(H,25,29). The highest BCUT2D eigenvalue weighted by molar-refractivity contribution is 6.10. The predicted molar refractivity (Wildman–Crippen MR) is 105 cm³/mol. The van der Waals surface area contributed by atoms with Crippen LogP contribution < -0.4 is 10.1 Å². The quantitative estimate of drug-likeness (QED) is 0.542. The van der Waals surface area contributed by atoms with Crippen molar-refractivity contribution < 1.29 is 22.7 Å².